The van der Waals surface area contributed by atoms with Gasteiger partial charge in [-0.1, -0.05) is 56.2 Å². The van der Waals surface area contributed by atoms with Gasteiger partial charge in [0.15, 0.2) is 5.96 Å². The van der Waals surface area contributed by atoms with Crippen LogP contribution < -0.4 is 5.32 Å². The van der Waals surface area contributed by atoms with E-state index < -0.39 is 0 Å². The molecule has 0 spiro atoms. The highest BCUT2D eigenvalue weighted by Crippen LogP contribution is 2.31. The van der Waals surface area contributed by atoms with Crippen LogP contribution in [0.5, 0.6) is 5.75 Å². The lowest BCUT2D eigenvalue weighted by molar-refractivity contribution is 0.0676. The summed E-state index contributed by atoms with van der Waals surface area (Å²) < 4.78 is 5.54. The Balaban J connectivity index is 1.63. The van der Waals surface area contributed by atoms with Gasteiger partial charge in [0.25, 0.3) is 0 Å². The van der Waals surface area contributed by atoms with Crippen molar-refractivity contribution in [1.82, 2.24) is 4.90 Å². The molecule has 1 aliphatic carbocycles. The van der Waals surface area contributed by atoms with Crippen molar-refractivity contribution in [3.05, 3.63) is 48.5 Å². The lowest BCUT2D eigenvalue weighted by Crippen LogP contribution is -2.45. The Kier molecular flexibility index (Phi) is 6.35. The van der Waals surface area contributed by atoms with Gasteiger partial charge in [0, 0.05) is 13.1 Å². The van der Waals surface area contributed by atoms with Crippen LogP contribution in [0.25, 0.3) is 11.1 Å². The fraction of sp³-hybridized carbons (Fsp3) is 0.458. The number of guanidine groups is 1. The van der Waals surface area contributed by atoms with Crippen LogP contribution in [-0.4, -0.2) is 48.3 Å². The number of nitrogens with one attached hydrogen (secondary N) is 1. The molecular weight excluding hydrogens is 362 g/mol. The highest BCUT2D eigenvalue weighted by molar-refractivity contribution is 5.96. The molecular formula is C24H31N3O2. The van der Waals surface area contributed by atoms with Crippen LogP contribution in [-0.2, 0) is 4.74 Å². The van der Waals surface area contributed by atoms with Gasteiger partial charge < -0.3 is 20.1 Å². The fourth-order valence-corrected chi connectivity index (χ4v) is 4.18. The average molecular weight is 394 g/mol. The van der Waals surface area contributed by atoms with Gasteiger partial charge in [-0.25, -0.2) is 4.99 Å². The van der Waals surface area contributed by atoms with Crippen molar-refractivity contribution < 1.29 is 9.84 Å². The SMILES string of the molecule is CC1CCCCC1N=C(Nc1cc(-c2ccccc2)ccc1O)N1CCOCC1. The molecule has 29 heavy (non-hydrogen) atoms. The summed E-state index contributed by atoms with van der Waals surface area (Å²) in [6.45, 7) is 5.34. The minimum atomic E-state index is 0.238. The first-order chi connectivity index (χ1) is 14.2. The number of benzene rings is 2. The number of ether oxygens (including phenoxy) is 1. The van der Waals surface area contributed by atoms with Crippen LogP contribution >= 0.6 is 0 Å². The zero-order valence-electron chi connectivity index (χ0n) is 17.2. The van der Waals surface area contributed by atoms with Crippen molar-refractivity contribution in [1.29, 1.82) is 0 Å². The molecule has 2 N–H and O–H groups in total. The van der Waals surface area contributed by atoms with E-state index >= 15 is 0 Å². The molecule has 2 aliphatic rings. The average Bonchev–Trinajstić information content (AvgIpc) is 2.77. The van der Waals surface area contributed by atoms with Crippen molar-refractivity contribution in [3.8, 4) is 16.9 Å². The molecule has 2 atom stereocenters. The second-order valence-corrected chi connectivity index (χ2v) is 8.10. The molecule has 0 amide bonds. The van der Waals surface area contributed by atoms with Gasteiger partial charge in [-0.05, 0) is 42.0 Å². The van der Waals surface area contributed by atoms with Crippen molar-refractivity contribution in [2.24, 2.45) is 10.9 Å². The molecule has 4 rings (SSSR count). The first-order valence-electron chi connectivity index (χ1n) is 10.8. The summed E-state index contributed by atoms with van der Waals surface area (Å²) in [5, 5.41) is 14.0. The van der Waals surface area contributed by atoms with E-state index in [1.54, 1.807) is 6.07 Å². The number of aliphatic imine (C=N–C) groups is 1. The lowest BCUT2D eigenvalue weighted by Gasteiger charge is -2.33. The van der Waals surface area contributed by atoms with Gasteiger partial charge >= 0.3 is 0 Å². The molecule has 2 unspecified atom stereocenters. The topological polar surface area (TPSA) is 57.1 Å². The normalized spacial score (nSPS) is 23.1. The number of hydrogen-bond donors (Lipinski definition) is 2. The molecule has 2 fully saturated rings. The number of rotatable bonds is 3. The summed E-state index contributed by atoms with van der Waals surface area (Å²) in [4.78, 5) is 7.39. The minimum absolute atomic E-state index is 0.238. The van der Waals surface area contributed by atoms with E-state index in [2.05, 4.69) is 29.3 Å². The maximum atomic E-state index is 10.5. The van der Waals surface area contributed by atoms with E-state index in [0.29, 0.717) is 30.9 Å². The fourth-order valence-electron chi connectivity index (χ4n) is 4.18. The second-order valence-electron chi connectivity index (χ2n) is 8.10. The van der Waals surface area contributed by atoms with Gasteiger partial charge in [0.2, 0.25) is 0 Å². The highest BCUT2D eigenvalue weighted by Gasteiger charge is 2.24. The Bertz CT molecular complexity index is 831. The van der Waals surface area contributed by atoms with E-state index in [1.807, 2.05) is 30.3 Å². The number of hydrogen-bond acceptors (Lipinski definition) is 3. The number of nitrogens with zero attached hydrogens (tertiary/aromatic N) is 2. The summed E-state index contributed by atoms with van der Waals surface area (Å²) in [6.07, 6.45) is 4.91. The summed E-state index contributed by atoms with van der Waals surface area (Å²) >= 11 is 0. The molecule has 0 aromatic heterocycles. The van der Waals surface area contributed by atoms with Gasteiger partial charge in [-0.2, -0.15) is 0 Å². The quantitative estimate of drug-likeness (QED) is 0.449. The van der Waals surface area contributed by atoms with Crippen molar-refractivity contribution in [3.63, 3.8) is 0 Å². The Morgan fingerprint density at radius 3 is 2.55 bits per heavy atom. The van der Waals surface area contributed by atoms with Crippen LogP contribution in [0, 0.1) is 5.92 Å². The summed E-state index contributed by atoms with van der Waals surface area (Å²) in [5.74, 6) is 1.68. The molecule has 5 nitrogen and oxygen atoms in total. The largest absolute Gasteiger partial charge is 0.506 e. The summed E-state index contributed by atoms with van der Waals surface area (Å²) in [5.41, 5.74) is 2.89. The zero-order chi connectivity index (χ0) is 20.1. The van der Waals surface area contributed by atoms with E-state index in [4.69, 9.17) is 9.73 Å². The van der Waals surface area contributed by atoms with E-state index in [-0.39, 0.29) is 5.75 Å². The molecule has 0 bridgehead atoms. The summed E-state index contributed by atoms with van der Waals surface area (Å²) in [7, 11) is 0. The predicted molar refractivity (Wildman–Crippen MR) is 118 cm³/mol. The van der Waals surface area contributed by atoms with Gasteiger partial charge in [-0.15, -0.1) is 0 Å². The molecule has 5 heteroatoms. The van der Waals surface area contributed by atoms with E-state index in [9.17, 15) is 5.11 Å². The van der Waals surface area contributed by atoms with Gasteiger partial charge in [-0.3, -0.25) is 0 Å². The Morgan fingerprint density at radius 1 is 1.03 bits per heavy atom. The third-order valence-electron chi connectivity index (χ3n) is 6.02. The lowest BCUT2D eigenvalue weighted by atomic mass is 9.86. The molecule has 0 radical (unpaired) electrons. The molecule has 1 saturated heterocycles. The molecule has 2 aromatic rings. The molecule has 2 aromatic carbocycles. The second kappa shape index (κ2) is 9.31. The third kappa shape index (κ3) is 4.91. The molecule has 1 saturated carbocycles. The maximum absolute atomic E-state index is 10.5. The molecule has 1 aliphatic heterocycles. The number of anilines is 1. The molecule has 1 heterocycles. The maximum Gasteiger partial charge on any atom is 0.199 e. The molecule has 154 valence electrons. The van der Waals surface area contributed by atoms with Crippen molar-refractivity contribution in [2.45, 2.75) is 38.6 Å². The van der Waals surface area contributed by atoms with Crippen LogP contribution in [0.15, 0.2) is 53.5 Å². The predicted octanol–water partition coefficient (Wildman–Crippen LogP) is 4.74. The zero-order valence-corrected chi connectivity index (χ0v) is 17.2. The third-order valence-corrected chi connectivity index (χ3v) is 6.02. The monoisotopic (exact) mass is 393 g/mol. The number of aromatic hydroxyl groups is 1. The Hall–Kier alpha value is -2.53. The van der Waals surface area contributed by atoms with E-state index in [1.165, 1.54) is 19.3 Å². The first-order valence-corrected chi connectivity index (χ1v) is 10.8. The van der Waals surface area contributed by atoms with Gasteiger partial charge in [0.1, 0.15) is 5.75 Å². The summed E-state index contributed by atoms with van der Waals surface area (Å²) in [6, 6.07) is 16.3. The standard InChI is InChI=1S/C24H31N3O2/c1-18-7-5-6-10-21(18)25-24(27-13-15-29-16-14-27)26-22-17-20(11-12-23(22)28)19-8-3-2-4-9-19/h2-4,8-9,11-12,17-18,21,28H,5-7,10,13-16H2,1H3,(H,25,26). The number of phenols is 1. The van der Waals surface area contributed by atoms with Crippen molar-refractivity contribution >= 4 is 11.6 Å². The number of phenolic OH excluding ortho intramolecular Hbond substituents is 1. The first kappa shape index (κ1) is 19.8. The highest BCUT2D eigenvalue weighted by atomic mass is 16.5. The Morgan fingerprint density at radius 2 is 1.79 bits per heavy atom. The number of morpholine rings is 1. The Labute approximate surface area is 173 Å². The van der Waals surface area contributed by atoms with Crippen LogP contribution in [0.3, 0.4) is 0 Å². The minimum Gasteiger partial charge on any atom is -0.506 e. The van der Waals surface area contributed by atoms with E-state index in [0.717, 1.165) is 36.6 Å². The van der Waals surface area contributed by atoms with Crippen LogP contribution in [0.4, 0.5) is 5.69 Å². The van der Waals surface area contributed by atoms with Crippen molar-refractivity contribution in [2.75, 3.05) is 31.6 Å². The van der Waals surface area contributed by atoms with Gasteiger partial charge in [0.05, 0.1) is 24.9 Å². The van der Waals surface area contributed by atoms with Crippen LogP contribution in [0.2, 0.25) is 0 Å². The smallest absolute Gasteiger partial charge is 0.199 e. The van der Waals surface area contributed by atoms with Crippen LogP contribution in [0.1, 0.15) is 32.6 Å².